The summed E-state index contributed by atoms with van der Waals surface area (Å²) in [6.07, 6.45) is 1.85. The number of amides is 1. The monoisotopic (exact) mass is 315 g/mol. The van der Waals surface area contributed by atoms with E-state index in [0.29, 0.717) is 5.82 Å². The molecule has 7 heteroatoms. The largest absolute Gasteiger partial charge is 0.361 e. The summed E-state index contributed by atoms with van der Waals surface area (Å²) in [5, 5.41) is 3.99. The number of nitrogens with two attached hydrogens (primary N) is 1. The standard InChI is InChI=1S/C16H21N5O2/c1-9-16(10(2)23-20-9)13-7-12(18-11(3)19-13)14-5-4-6-21(14)15(22)8-17/h7,14H,4-6,8,17H2,1-3H3. The number of carbonyl (C=O) groups excluding carboxylic acids is 1. The number of rotatable bonds is 3. The predicted octanol–water partition coefficient (Wildman–Crippen LogP) is 1.68. The zero-order valence-electron chi connectivity index (χ0n) is 13.7. The van der Waals surface area contributed by atoms with Gasteiger partial charge in [0.2, 0.25) is 5.91 Å². The highest BCUT2D eigenvalue weighted by Crippen LogP contribution is 2.33. The first-order valence-electron chi connectivity index (χ1n) is 7.79. The minimum atomic E-state index is -0.0392. The molecule has 122 valence electrons. The second-order valence-electron chi connectivity index (χ2n) is 5.87. The molecule has 1 aliphatic heterocycles. The maximum atomic E-state index is 12.0. The summed E-state index contributed by atoms with van der Waals surface area (Å²) in [5.41, 5.74) is 8.86. The van der Waals surface area contributed by atoms with Crippen LogP contribution in [0, 0.1) is 20.8 Å². The van der Waals surface area contributed by atoms with Crippen molar-refractivity contribution >= 4 is 5.91 Å². The third-order valence-electron chi connectivity index (χ3n) is 4.24. The van der Waals surface area contributed by atoms with Gasteiger partial charge in [-0.05, 0) is 39.7 Å². The second-order valence-corrected chi connectivity index (χ2v) is 5.87. The van der Waals surface area contributed by atoms with Crippen molar-refractivity contribution in [1.29, 1.82) is 0 Å². The smallest absolute Gasteiger partial charge is 0.236 e. The van der Waals surface area contributed by atoms with E-state index >= 15 is 0 Å². The van der Waals surface area contributed by atoms with E-state index in [1.54, 1.807) is 0 Å². The van der Waals surface area contributed by atoms with E-state index in [4.69, 9.17) is 10.3 Å². The van der Waals surface area contributed by atoms with Crippen molar-refractivity contribution in [3.63, 3.8) is 0 Å². The van der Waals surface area contributed by atoms with Gasteiger partial charge in [-0.3, -0.25) is 4.79 Å². The maximum absolute atomic E-state index is 12.0. The third-order valence-corrected chi connectivity index (χ3v) is 4.24. The quantitative estimate of drug-likeness (QED) is 0.925. The van der Waals surface area contributed by atoms with Gasteiger partial charge in [0.05, 0.1) is 35.2 Å². The summed E-state index contributed by atoms with van der Waals surface area (Å²) in [4.78, 5) is 22.9. The summed E-state index contributed by atoms with van der Waals surface area (Å²) < 4.78 is 5.24. The lowest BCUT2D eigenvalue weighted by Crippen LogP contribution is -2.35. The van der Waals surface area contributed by atoms with E-state index in [-0.39, 0.29) is 18.5 Å². The number of aromatic nitrogens is 3. The lowest BCUT2D eigenvalue weighted by molar-refractivity contribution is -0.130. The highest BCUT2D eigenvalue weighted by Gasteiger charge is 2.31. The van der Waals surface area contributed by atoms with Crippen LogP contribution in [0.5, 0.6) is 0 Å². The van der Waals surface area contributed by atoms with E-state index in [2.05, 4.69) is 15.1 Å². The van der Waals surface area contributed by atoms with E-state index in [1.807, 2.05) is 31.7 Å². The molecule has 0 aliphatic carbocycles. The van der Waals surface area contributed by atoms with Crippen LogP contribution < -0.4 is 5.73 Å². The molecule has 1 atom stereocenters. The average Bonchev–Trinajstić information content (AvgIpc) is 3.13. The molecule has 2 aromatic heterocycles. The van der Waals surface area contributed by atoms with Crippen LogP contribution in [0.1, 0.15) is 41.9 Å². The van der Waals surface area contributed by atoms with Crippen LogP contribution in [-0.4, -0.2) is 39.0 Å². The number of likely N-dealkylation sites (tertiary alicyclic amines) is 1. The number of aryl methyl sites for hydroxylation is 3. The van der Waals surface area contributed by atoms with Gasteiger partial charge in [0, 0.05) is 6.54 Å². The Balaban J connectivity index is 2.03. The molecule has 1 fully saturated rings. The molecular weight excluding hydrogens is 294 g/mol. The molecule has 0 aromatic carbocycles. The third kappa shape index (κ3) is 2.84. The Bertz CT molecular complexity index is 721. The van der Waals surface area contributed by atoms with Crippen LogP contribution >= 0.6 is 0 Å². The first kappa shape index (κ1) is 15.6. The summed E-state index contributed by atoms with van der Waals surface area (Å²) in [5.74, 6) is 1.36. The molecule has 0 spiro atoms. The fourth-order valence-electron chi connectivity index (χ4n) is 3.23. The Morgan fingerprint density at radius 1 is 1.39 bits per heavy atom. The van der Waals surface area contributed by atoms with Crippen molar-refractivity contribution in [2.45, 2.75) is 39.7 Å². The molecule has 2 N–H and O–H groups in total. The summed E-state index contributed by atoms with van der Waals surface area (Å²) >= 11 is 0. The van der Waals surface area contributed by atoms with Crippen molar-refractivity contribution in [3.8, 4) is 11.3 Å². The minimum absolute atomic E-state index is 0.0251. The normalized spacial score (nSPS) is 17.7. The van der Waals surface area contributed by atoms with Gasteiger partial charge in [-0.1, -0.05) is 5.16 Å². The molecule has 0 saturated carbocycles. The zero-order chi connectivity index (χ0) is 16.6. The van der Waals surface area contributed by atoms with Crippen LogP contribution in [-0.2, 0) is 4.79 Å². The Kier molecular flexibility index (Phi) is 4.12. The SMILES string of the molecule is Cc1nc(-c2c(C)noc2C)cc(C2CCCN2C(=O)CN)n1. The van der Waals surface area contributed by atoms with Crippen molar-refractivity contribution < 1.29 is 9.32 Å². The van der Waals surface area contributed by atoms with E-state index in [9.17, 15) is 4.79 Å². The first-order valence-corrected chi connectivity index (χ1v) is 7.79. The Morgan fingerprint density at radius 2 is 2.17 bits per heavy atom. The molecular formula is C16H21N5O2. The van der Waals surface area contributed by atoms with Crippen molar-refractivity contribution in [3.05, 3.63) is 29.0 Å². The fourth-order valence-corrected chi connectivity index (χ4v) is 3.23. The van der Waals surface area contributed by atoms with Crippen molar-refractivity contribution in [2.75, 3.05) is 13.1 Å². The molecule has 23 heavy (non-hydrogen) atoms. The number of hydrogen-bond donors (Lipinski definition) is 1. The molecule has 1 amide bonds. The van der Waals surface area contributed by atoms with E-state index in [1.165, 1.54) is 0 Å². The Labute approximate surface area is 134 Å². The molecule has 1 saturated heterocycles. The van der Waals surface area contributed by atoms with Crippen molar-refractivity contribution in [2.24, 2.45) is 5.73 Å². The lowest BCUT2D eigenvalue weighted by atomic mass is 10.1. The van der Waals surface area contributed by atoms with Gasteiger partial charge in [-0.15, -0.1) is 0 Å². The molecule has 0 bridgehead atoms. The molecule has 2 aromatic rings. The number of carbonyl (C=O) groups is 1. The topological polar surface area (TPSA) is 98.1 Å². The summed E-state index contributed by atoms with van der Waals surface area (Å²) in [7, 11) is 0. The highest BCUT2D eigenvalue weighted by molar-refractivity contribution is 5.78. The number of nitrogens with zero attached hydrogens (tertiary/aromatic N) is 4. The Morgan fingerprint density at radius 3 is 2.83 bits per heavy atom. The molecule has 3 rings (SSSR count). The summed E-state index contributed by atoms with van der Waals surface area (Å²) in [6.45, 7) is 6.37. The highest BCUT2D eigenvalue weighted by atomic mass is 16.5. The number of hydrogen-bond acceptors (Lipinski definition) is 6. The molecule has 3 heterocycles. The van der Waals surface area contributed by atoms with Gasteiger partial charge in [0.1, 0.15) is 11.6 Å². The minimum Gasteiger partial charge on any atom is -0.361 e. The van der Waals surface area contributed by atoms with Crippen LogP contribution in [0.3, 0.4) is 0 Å². The maximum Gasteiger partial charge on any atom is 0.236 e. The Hall–Kier alpha value is -2.28. The molecule has 0 radical (unpaired) electrons. The van der Waals surface area contributed by atoms with E-state index in [0.717, 1.165) is 47.8 Å². The first-order chi connectivity index (χ1) is 11.0. The molecule has 7 nitrogen and oxygen atoms in total. The molecule has 1 aliphatic rings. The second kappa shape index (κ2) is 6.08. The van der Waals surface area contributed by atoms with Crippen LogP contribution in [0.2, 0.25) is 0 Å². The van der Waals surface area contributed by atoms with E-state index < -0.39 is 0 Å². The van der Waals surface area contributed by atoms with Gasteiger partial charge in [0.15, 0.2) is 0 Å². The van der Waals surface area contributed by atoms with Crippen molar-refractivity contribution in [1.82, 2.24) is 20.0 Å². The average molecular weight is 315 g/mol. The zero-order valence-corrected chi connectivity index (χ0v) is 13.7. The van der Waals surface area contributed by atoms with Gasteiger partial charge in [0.25, 0.3) is 0 Å². The fraction of sp³-hybridized carbons (Fsp3) is 0.500. The van der Waals surface area contributed by atoms with Gasteiger partial charge < -0.3 is 15.2 Å². The van der Waals surface area contributed by atoms with Gasteiger partial charge >= 0.3 is 0 Å². The summed E-state index contributed by atoms with van der Waals surface area (Å²) in [6, 6.07) is 1.90. The van der Waals surface area contributed by atoms with Gasteiger partial charge in [-0.2, -0.15) is 0 Å². The predicted molar refractivity (Wildman–Crippen MR) is 84.5 cm³/mol. The van der Waals surface area contributed by atoms with Crippen LogP contribution in [0.25, 0.3) is 11.3 Å². The lowest BCUT2D eigenvalue weighted by Gasteiger charge is -2.24. The van der Waals surface area contributed by atoms with Crippen LogP contribution in [0.15, 0.2) is 10.6 Å². The molecule has 1 unspecified atom stereocenters. The van der Waals surface area contributed by atoms with Gasteiger partial charge in [-0.25, -0.2) is 9.97 Å². The van der Waals surface area contributed by atoms with Crippen LogP contribution in [0.4, 0.5) is 0 Å².